The zero-order valence-electron chi connectivity index (χ0n) is 11.3. The number of rotatable bonds is 8. The highest BCUT2D eigenvalue weighted by Gasteiger charge is 2.05. The van der Waals surface area contributed by atoms with E-state index in [1.807, 2.05) is 13.0 Å². The fraction of sp³-hybridized carbons (Fsp3) is 0.667. The van der Waals surface area contributed by atoms with Crippen molar-refractivity contribution in [3.63, 3.8) is 0 Å². The van der Waals surface area contributed by atoms with Gasteiger partial charge in [0.2, 0.25) is 5.95 Å². The molecule has 0 saturated heterocycles. The summed E-state index contributed by atoms with van der Waals surface area (Å²) in [7, 11) is -0.762. The first-order chi connectivity index (χ1) is 8.63. The molecule has 1 rings (SSSR count). The van der Waals surface area contributed by atoms with Crippen LogP contribution in [0.1, 0.15) is 26.7 Å². The van der Waals surface area contributed by atoms with Crippen LogP contribution in [0.5, 0.6) is 0 Å². The van der Waals surface area contributed by atoms with E-state index in [0.717, 1.165) is 31.7 Å². The third-order valence-electron chi connectivity index (χ3n) is 2.61. The Morgan fingerprint density at radius 1 is 1.39 bits per heavy atom. The second-order valence-corrected chi connectivity index (χ2v) is 6.02. The lowest BCUT2D eigenvalue weighted by Crippen LogP contribution is -2.15. The monoisotopic (exact) mass is 270 g/mol. The summed E-state index contributed by atoms with van der Waals surface area (Å²) in [5.41, 5.74) is 0. The standard InChI is InChI=1S/C12H22N4OS/c1-4-7-14-12-15-9-6-11(16-12)13-8-5-10(2)18(3)17/h6,9-10H,4-5,7-8H2,1-3H3,(H2,13,14,15,16). The van der Waals surface area contributed by atoms with Gasteiger partial charge in [-0.2, -0.15) is 4.98 Å². The van der Waals surface area contributed by atoms with Crippen molar-refractivity contribution in [3.05, 3.63) is 12.3 Å². The van der Waals surface area contributed by atoms with Gasteiger partial charge in [-0.15, -0.1) is 0 Å². The summed E-state index contributed by atoms with van der Waals surface area (Å²) in [4.78, 5) is 8.48. The van der Waals surface area contributed by atoms with Crippen LogP contribution in [0.2, 0.25) is 0 Å². The van der Waals surface area contributed by atoms with Gasteiger partial charge in [0.15, 0.2) is 0 Å². The van der Waals surface area contributed by atoms with Gasteiger partial charge in [0.1, 0.15) is 5.82 Å². The maximum atomic E-state index is 11.2. The Morgan fingerprint density at radius 3 is 2.83 bits per heavy atom. The first-order valence-corrected chi connectivity index (χ1v) is 7.88. The van der Waals surface area contributed by atoms with Gasteiger partial charge < -0.3 is 10.6 Å². The quantitative estimate of drug-likeness (QED) is 0.755. The Hall–Kier alpha value is -1.17. The minimum absolute atomic E-state index is 0.206. The molecule has 2 unspecified atom stereocenters. The third-order valence-corrected chi connectivity index (χ3v) is 3.98. The summed E-state index contributed by atoms with van der Waals surface area (Å²) < 4.78 is 11.2. The molecule has 0 spiro atoms. The van der Waals surface area contributed by atoms with Crippen molar-refractivity contribution in [1.82, 2.24) is 9.97 Å². The number of aromatic nitrogens is 2. The van der Waals surface area contributed by atoms with Gasteiger partial charge in [-0.25, -0.2) is 4.98 Å². The molecule has 1 aromatic heterocycles. The molecule has 1 aromatic rings. The SMILES string of the molecule is CCCNc1nccc(NCCC(C)S(C)=O)n1. The van der Waals surface area contributed by atoms with Crippen LogP contribution in [0.25, 0.3) is 0 Å². The highest BCUT2D eigenvalue weighted by atomic mass is 32.2. The minimum atomic E-state index is -0.762. The Labute approximate surface area is 111 Å². The lowest BCUT2D eigenvalue weighted by atomic mass is 10.3. The molecule has 0 aliphatic heterocycles. The van der Waals surface area contributed by atoms with E-state index in [0.29, 0.717) is 5.95 Å². The molecular weight excluding hydrogens is 248 g/mol. The number of nitrogens with zero attached hydrogens (tertiary/aromatic N) is 2. The summed E-state index contributed by atoms with van der Waals surface area (Å²) in [6.07, 6.45) is 5.38. The number of anilines is 2. The Bertz CT molecular complexity index is 386. The van der Waals surface area contributed by atoms with Crippen molar-refractivity contribution >= 4 is 22.6 Å². The van der Waals surface area contributed by atoms with Crippen molar-refractivity contribution in [2.24, 2.45) is 0 Å². The number of hydrogen-bond acceptors (Lipinski definition) is 5. The fourth-order valence-corrected chi connectivity index (χ4v) is 1.80. The van der Waals surface area contributed by atoms with Crippen LogP contribution in [0.4, 0.5) is 11.8 Å². The highest BCUT2D eigenvalue weighted by molar-refractivity contribution is 7.84. The molecule has 2 atom stereocenters. The van der Waals surface area contributed by atoms with E-state index in [-0.39, 0.29) is 5.25 Å². The molecule has 0 bridgehead atoms. The van der Waals surface area contributed by atoms with E-state index in [9.17, 15) is 4.21 Å². The largest absolute Gasteiger partial charge is 0.370 e. The van der Waals surface area contributed by atoms with Crippen LogP contribution in [0.15, 0.2) is 12.3 Å². The Morgan fingerprint density at radius 2 is 2.17 bits per heavy atom. The van der Waals surface area contributed by atoms with Crippen molar-refractivity contribution in [3.8, 4) is 0 Å². The molecule has 18 heavy (non-hydrogen) atoms. The number of nitrogens with one attached hydrogen (secondary N) is 2. The average Bonchev–Trinajstić information content (AvgIpc) is 2.36. The molecule has 0 aromatic carbocycles. The molecule has 0 fully saturated rings. The van der Waals surface area contributed by atoms with Crippen LogP contribution in [-0.2, 0) is 10.8 Å². The van der Waals surface area contributed by atoms with E-state index in [1.165, 1.54) is 0 Å². The second-order valence-electron chi connectivity index (χ2n) is 4.22. The predicted molar refractivity (Wildman–Crippen MR) is 77.4 cm³/mol. The molecule has 0 radical (unpaired) electrons. The molecular formula is C12H22N4OS. The minimum Gasteiger partial charge on any atom is -0.370 e. The lowest BCUT2D eigenvalue weighted by Gasteiger charge is -2.10. The van der Waals surface area contributed by atoms with Crippen LogP contribution in [-0.4, -0.2) is 38.8 Å². The van der Waals surface area contributed by atoms with Crippen LogP contribution in [0, 0.1) is 0 Å². The summed E-state index contributed by atoms with van der Waals surface area (Å²) in [5, 5.41) is 6.57. The van der Waals surface area contributed by atoms with Gasteiger partial charge >= 0.3 is 0 Å². The fourth-order valence-electron chi connectivity index (χ4n) is 1.35. The zero-order chi connectivity index (χ0) is 13.4. The van der Waals surface area contributed by atoms with Crippen LogP contribution < -0.4 is 10.6 Å². The Balaban J connectivity index is 2.40. The van der Waals surface area contributed by atoms with Crippen LogP contribution >= 0.6 is 0 Å². The molecule has 0 aliphatic rings. The third kappa shape index (κ3) is 5.44. The molecule has 0 saturated carbocycles. The first kappa shape index (κ1) is 14.9. The van der Waals surface area contributed by atoms with Gasteiger partial charge in [0.25, 0.3) is 0 Å². The maximum absolute atomic E-state index is 11.2. The van der Waals surface area contributed by atoms with E-state index in [1.54, 1.807) is 12.5 Å². The van der Waals surface area contributed by atoms with Crippen LogP contribution in [0.3, 0.4) is 0 Å². The maximum Gasteiger partial charge on any atom is 0.224 e. The van der Waals surface area contributed by atoms with E-state index in [2.05, 4.69) is 27.5 Å². The molecule has 1 heterocycles. The van der Waals surface area contributed by atoms with Crippen molar-refractivity contribution < 1.29 is 4.21 Å². The normalized spacial score (nSPS) is 13.9. The van der Waals surface area contributed by atoms with Crippen molar-refractivity contribution in [1.29, 1.82) is 0 Å². The molecule has 5 nitrogen and oxygen atoms in total. The van der Waals surface area contributed by atoms with Crippen molar-refractivity contribution in [2.45, 2.75) is 31.9 Å². The summed E-state index contributed by atoms with van der Waals surface area (Å²) in [5.74, 6) is 1.45. The van der Waals surface area contributed by atoms with Gasteiger partial charge in [0.05, 0.1) is 0 Å². The van der Waals surface area contributed by atoms with E-state index < -0.39 is 10.8 Å². The first-order valence-electron chi connectivity index (χ1n) is 6.26. The molecule has 0 aliphatic carbocycles. The van der Waals surface area contributed by atoms with Gasteiger partial charge in [0, 0.05) is 41.6 Å². The topological polar surface area (TPSA) is 66.9 Å². The van der Waals surface area contributed by atoms with E-state index >= 15 is 0 Å². The molecule has 102 valence electrons. The summed E-state index contributed by atoms with van der Waals surface area (Å²) in [6, 6.07) is 1.84. The number of hydrogen-bond donors (Lipinski definition) is 2. The van der Waals surface area contributed by atoms with Gasteiger partial charge in [-0.1, -0.05) is 13.8 Å². The lowest BCUT2D eigenvalue weighted by molar-refractivity contribution is 0.672. The second kappa shape index (κ2) is 8.02. The van der Waals surface area contributed by atoms with Gasteiger partial charge in [-0.3, -0.25) is 4.21 Å². The van der Waals surface area contributed by atoms with E-state index in [4.69, 9.17) is 0 Å². The molecule has 6 heteroatoms. The molecule has 0 amide bonds. The van der Waals surface area contributed by atoms with Crippen molar-refractivity contribution in [2.75, 3.05) is 30.0 Å². The highest BCUT2D eigenvalue weighted by Crippen LogP contribution is 2.07. The average molecular weight is 270 g/mol. The predicted octanol–water partition coefficient (Wildman–Crippen LogP) is 1.87. The zero-order valence-corrected chi connectivity index (χ0v) is 12.1. The molecule has 2 N–H and O–H groups in total. The Kier molecular flexibility index (Phi) is 6.64. The summed E-state index contributed by atoms with van der Waals surface area (Å²) >= 11 is 0. The summed E-state index contributed by atoms with van der Waals surface area (Å²) in [6.45, 7) is 5.73. The van der Waals surface area contributed by atoms with Gasteiger partial charge in [-0.05, 0) is 18.9 Å². The smallest absolute Gasteiger partial charge is 0.224 e.